The second-order valence-corrected chi connectivity index (χ2v) is 5.08. The van der Waals surface area contributed by atoms with Crippen LogP contribution in [-0.4, -0.2) is 5.67 Å². The topological polar surface area (TPSA) is 0 Å². The molecule has 1 fully saturated rings. The molecule has 0 aromatic carbocycles. The first kappa shape index (κ1) is 10.0. The zero-order chi connectivity index (χ0) is 9.35. The van der Waals surface area contributed by atoms with Crippen molar-refractivity contribution in [2.24, 2.45) is 17.8 Å². The van der Waals surface area contributed by atoms with Gasteiger partial charge in [-0.1, -0.05) is 13.8 Å². The van der Waals surface area contributed by atoms with Crippen LogP contribution < -0.4 is 0 Å². The lowest BCUT2D eigenvalue weighted by molar-refractivity contribution is 0.123. The van der Waals surface area contributed by atoms with E-state index in [1.807, 2.05) is 0 Å². The average Bonchev–Trinajstić information content (AvgIpc) is 2.30. The van der Waals surface area contributed by atoms with E-state index in [9.17, 15) is 4.39 Å². The molecule has 0 aromatic heterocycles. The van der Waals surface area contributed by atoms with Crippen LogP contribution in [0.5, 0.6) is 0 Å². The zero-order valence-corrected chi connectivity index (χ0v) is 8.73. The fourth-order valence-electron chi connectivity index (χ4n) is 2.25. The predicted molar refractivity (Wildman–Crippen MR) is 50.9 cm³/mol. The molecule has 0 unspecified atom stereocenters. The Hall–Kier alpha value is -0.0700. The normalized spacial score (nSPS) is 31.5. The van der Waals surface area contributed by atoms with E-state index >= 15 is 0 Å². The second-order valence-electron chi connectivity index (χ2n) is 5.08. The molecule has 0 spiro atoms. The average molecular weight is 172 g/mol. The molecule has 0 bridgehead atoms. The number of hydrogen-bond acceptors (Lipinski definition) is 0. The molecule has 0 saturated heterocycles. The molecule has 1 aliphatic carbocycles. The molecule has 1 rings (SSSR count). The Balaban J connectivity index is 2.46. The third-order valence-corrected chi connectivity index (χ3v) is 3.39. The molecule has 0 radical (unpaired) electrons. The highest BCUT2D eigenvalue weighted by Gasteiger charge is 2.36. The van der Waals surface area contributed by atoms with Crippen LogP contribution in [0.25, 0.3) is 0 Å². The summed E-state index contributed by atoms with van der Waals surface area (Å²) in [6, 6.07) is 0. The Morgan fingerprint density at radius 1 is 1.25 bits per heavy atom. The summed E-state index contributed by atoms with van der Waals surface area (Å²) < 4.78 is 13.5. The highest BCUT2D eigenvalue weighted by molar-refractivity contribution is 4.86. The van der Waals surface area contributed by atoms with Gasteiger partial charge in [0.2, 0.25) is 0 Å². The quantitative estimate of drug-likeness (QED) is 0.594. The summed E-state index contributed by atoms with van der Waals surface area (Å²) in [7, 11) is 0. The van der Waals surface area contributed by atoms with E-state index in [1.54, 1.807) is 13.8 Å². The van der Waals surface area contributed by atoms with Crippen LogP contribution >= 0.6 is 0 Å². The predicted octanol–water partition coefficient (Wildman–Crippen LogP) is 3.81. The van der Waals surface area contributed by atoms with Crippen LogP contribution in [0.2, 0.25) is 0 Å². The summed E-state index contributed by atoms with van der Waals surface area (Å²) in [4.78, 5) is 0. The van der Waals surface area contributed by atoms with Crippen molar-refractivity contribution < 1.29 is 4.39 Å². The molecular formula is C11H21F. The van der Waals surface area contributed by atoms with Crippen molar-refractivity contribution in [2.45, 2.75) is 52.6 Å². The van der Waals surface area contributed by atoms with Crippen LogP contribution in [0.4, 0.5) is 4.39 Å². The van der Waals surface area contributed by atoms with Crippen molar-refractivity contribution in [3.8, 4) is 0 Å². The van der Waals surface area contributed by atoms with Gasteiger partial charge >= 0.3 is 0 Å². The maximum Gasteiger partial charge on any atom is 0.108 e. The molecule has 1 heteroatoms. The van der Waals surface area contributed by atoms with E-state index in [2.05, 4.69) is 13.8 Å². The molecule has 1 saturated carbocycles. The summed E-state index contributed by atoms with van der Waals surface area (Å²) in [5, 5.41) is 0. The van der Waals surface area contributed by atoms with Crippen molar-refractivity contribution in [1.82, 2.24) is 0 Å². The molecule has 0 heterocycles. The van der Waals surface area contributed by atoms with Gasteiger partial charge in [-0.25, -0.2) is 4.39 Å². The summed E-state index contributed by atoms with van der Waals surface area (Å²) >= 11 is 0. The van der Waals surface area contributed by atoms with Crippen LogP contribution in [0, 0.1) is 17.8 Å². The molecule has 1 aliphatic rings. The van der Waals surface area contributed by atoms with Crippen molar-refractivity contribution in [3.05, 3.63) is 0 Å². The largest absolute Gasteiger partial charge is 0.244 e. The molecule has 0 aliphatic heterocycles. The van der Waals surface area contributed by atoms with Crippen LogP contribution in [0.1, 0.15) is 47.0 Å². The van der Waals surface area contributed by atoms with Crippen molar-refractivity contribution in [3.63, 3.8) is 0 Å². The SMILES string of the molecule is CC(C)[C@H]1CC[C@@H](C(C)(C)F)C1. The smallest absolute Gasteiger partial charge is 0.108 e. The number of halogens is 1. The molecule has 2 atom stereocenters. The fourth-order valence-corrected chi connectivity index (χ4v) is 2.25. The maximum atomic E-state index is 13.5. The van der Waals surface area contributed by atoms with Crippen molar-refractivity contribution in [2.75, 3.05) is 0 Å². The van der Waals surface area contributed by atoms with Crippen LogP contribution in [-0.2, 0) is 0 Å². The van der Waals surface area contributed by atoms with Gasteiger partial charge < -0.3 is 0 Å². The highest BCUT2D eigenvalue weighted by Crippen LogP contribution is 2.42. The lowest BCUT2D eigenvalue weighted by Crippen LogP contribution is -2.23. The lowest BCUT2D eigenvalue weighted by Gasteiger charge is -2.23. The maximum absolute atomic E-state index is 13.5. The first-order valence-electron chi connectivity index (χ1n) is 5.10. The van der Waals surface area contributed by atoms with Gasteiger partial charge in [-0.2, -0.15) is 0 Å². The zero-order valence-electron chi connectivity index (χ0n) is 8.73. The molecule has 72 valence electrons. The first-order chi connectivity index (χ1) is 5.41. The van der Waals surface area contributed by atoms with E-state index < -0.39 is 5.67 Å². The van der Waals surface area contributed by atoms with Crippen molar-refractivity contribution in [1.29, 1.82) is 0 Å². The third-order valence-electron chi connectivity index (χ3n) is 3.39. The number of hydrogen-bond donors (Lipinski definition) is 0. The Morgan fingerprint density at radius 2 is 1.83 bits per heavy atom. The summed E-state index contributed by atoms with van der Waals surface area (Å²) in [5.41, 5.74) is -0.955. The van der Waals surface area contributed by atoms with Crippen molar-refractivity contribution >= 4 is 0 Å². The molecule has 0 aromatic rings. The Bertz CT molecular complexity index is 144. The van der Waals surface area contributed by atoms with Crippen LogP contribution in [0.15, 0.2) is 0 Å². The first-order valence-corrected chi connectivity index (χ1v) is 5.10. The standard InChI is InChI=1S/C11H21F/c1-8(2)9-5-6-10(7-9)11(3,4)12/h8-10H,5-7H2,1-4H3/t9-,10+/m0/s1. The van der Waals surface area contributed by atoms with Gasteiger partial charge in [0.15, 0.2) is 0 Å². The third kappa shape index (κ3) is 2.21. The molecule has 0 amide bonds. The van der Waals surface area contributed by atoms with E-state index in [0.717, 1.165) is 24.7 Å². The van der Waals surface area contributed by atoms with Gasteiger partial charge in [0, 0.05) is 0 Å². The van der Waals surface area contributed by atoms with E-state index in [-0.39, 0.29) is 0 Å². The monoisotopic (exact) mass is 172 g/mol. The van der Waals surface area contributed by atoms with Gasteiger partial charge in [-0.3, -0.25) is 0 Å². The van der Waals surface area contributed by atoms with Gasteiger partial charge in [0.05, 0.1) is 0 Å². The molecule has 12 heavy (non-hydrogen) atoms. The van der Waals surface area contributed by atoms with Crippen LogP contribution in [0.3, 0.4) is 0 Å². The summed E-state index contributed by atoms with van der Waals surface area (Å²) in [5.74, 6) is 1.81. The van der Waals surface area contributed by atoms with Gasteiger partial charge in [-0.15, -0.1) is 0 Å². The molecule has 0 nitrogen and oxygen atoms in total. The second kappa shape index (κ2) is 3.35. The van der Waals surface area contributed by atoms with E-state index in [1.165, 1.54) is 6.42 Å². The van der Waals surface area contributed by atoms with E-state index in [4.69, 9.17) is 0 Å². The Morgan fingerprint density at radius 3 is 2.08 bits per heavy atom. The number of rotatable bonds is 2. The fraction of sp³-hybridized carbons (Fsp3) is 1.00. The van der Waals surface area contributed by atoms with E-state index in [0.29, 0.717) is 5.92 Å². The minimum absolute atomic E-state index is 0.310. The summed E-state index contributed by atoms with van der Waals surface area (Å²) in [6.07, 6.45) is 3.42. The number of alkyl halides is 1. The molecule has 0 N–H and O–H groups in total. The Labute approximate surface area is 75.5 Å². The lowest BCUT2D eigenvalue weighted by atomic mass is 9.88. The molecular weight excluding hydrogens is 151 g/mol. The van der Waals surface area contributed by atoms with Gasteiger partial charge in [0.25, 0.3) is 0 Å². The highest BCUT2D eigenvalue weighted by atomic mass is 19.1. The van der Waals surface area contributed by atoms with Gasteiger partial charge in [0.1, 0.15) is 5.67 Å². The minimum atomic E-state index is -0.955. The minimum Gasteiger partial charge on any atom is -0.244 e. The Kier molecular flexibility index (Phi) is 2.80. The van der Waals surface area contributed by atoms with Gasteiger partial charge in [-0.05, 0) is 50.9 Å². The summed E-state index contributed by atoms with van der Waals surface area (Å²) in [6.45, 7) is 7.94.